The maximum Gasteiger partial charge on any atom is 0.128 e. The molecule has 1 unspecified atom stereocenters. The van der Waals surface area contributed by atoms with Crippen LogP contribution >= 0.6 is 11.3 Å². The second kappa shape index (κ2) is 7.53. The fraction of sp³-hybridized carbons (Fsp3) is 0.526. The second-order valence-electron chi connectivity index (χ2n) is 6.69. The first-order valence-corrected chi connectivity index (χ1v) is 9.87. The Morgan fingerprint density at radius 1 is 1.17 bits per heavy atom. The number of anilines is 2. The number of aromatic nitrogens is 1. The van der Waals surface area contributed by atoms with Crippen molar-refractivity contribution >= 4 is 22.8 Å². The molecule has 1 saturated carbocycles. The quantitative estimate of drug-likeness (QED) is 0.877. The lowest BCUT2D eigenvalue weighted by molar-refractivity contribution is 0.122. The lowest BCUT2D eigenvalue weighted by Crippen LogP contribution is -2.36. The van der Waals surface area contributed by atoms with Crippen LogP contribution in [-0.4, -0.2) is 31.3 Å². The van der Waals surface area contributed by atoms with Crippen molar-refractivity contribution in [3.63, 3.8) is 0 Å². The summed E-state index contributed by atoms with van der Waals surface area (Å²) in [5.41, 5.74) is 1.12. The van der Waals surface area contributed by atoms with Crippen molar-refractivity contribution < 1.29 is 4.74 Å². The lowest BCUT2D eigenvalue weighted by Gasteiger charge is -2.28. The van der Waals surface area contributed by atoms with Crippen molar-refractivity contribution in [2.24, 2.45) is 5.92 Å². The Kier molecular flexibility index (Phi) is 4.99. The van der Waals surface area contributed by atoms with Gasteiger partial charge in [-0.05, 0) is 42.3 Å². The van der Waals surface area contributed by atoms with E-state index in [2.05, 4.69) is 44.8 Å². The largest absolute Gasteiger partial charge is 0.378 e. The minimum Gasteiger partial charge on any atom is -0.378 e. The highest BCUT2D eigenvalue weighted by Gasteiger charge is 2.27. The SMILES string of the molecule is c1csc(C(Nc2ccc(N3CCOCC3)nc2)C2CCCC2)c1. The Morgan fingerprint density at radius 3 is 2.67 bits per heavy atom. The molecule has 2 fully saturated rings. The number of ether oxygens (including phenoxy) is 1. The van der Waals surface area contributed by atoms with Crippen LogP contribution in [0.3, 0.4) is 0 Å². The summed E-state index contributed by atoms with van der Waals surface area (Å²) in [4.78, 5) is 8.41. The number of morpholine rings is 1. The zero-order valence-corrected chi connectivity index (χ0v) is 14.8. The molecule has 24 heavy (non-hydrogen) atoms. The molecule has 0 aromatic carbocycles. The smallest absolute Gasteiger partial charge is 0.128 e. The van der Waals surface area contributed by atoms with Gasteiger partial charge in [0.1, 0.15) is 5.82 Å². The minimum atomic E-state index is 0.420. The molecular formula is C19H25N3OS. The maximum absolute atomic E-state index is 5.42. The third-order valence-electron chi connectivity index (χ3n) is 5.13. The van der Waals surface area contributed by atoms with Gasteiger partial charge in [0, 0.05) is 18.0 Å². The van der Waals surface area contributed by atoms with Crippen molar-refractivity contribution in [1.29, 1.82) is 0 Å². The van der Waals surface area contributed by atoms with E-state index in [1.54, 1.807) is 0 Å². The van der Waals surface area contributed by atoms with Gasteiger partial charge in [-0.25, -0.2) is 4.98 Å². The topological polar surface area (TPSA) is 37.4 Å². The van der Waals surface area contributed by atoms with Crippen molar-refractivity contribution in [1.82, 2.24) is 4.98 Å². The summed E-state index contributed by atoms with van der Waals surface area (Å²) in [7, 11) is 0. The predicted octanol–water partition coefficient (Wildman–Crippen LogP) is 4.32. The second-order valence-corrected chi connectivity index (χ2v) is 7.67. The van der Waals surface area contributed by atoms with Gasteiger partial charge >= 0.3 is 0 Å². The van der Waals surface area contributed by atoms with E-state index in [9.17, 15) is 0 Å². The molecule has 4 nitrogen and oxygen atoms in total. The van der Waals surface area contributed by atoms with E-state index < -0.39 is 0 Å². The monoisotopic (exact) mass is 343 g/mol. The van der Waals surface area contributed by atoms with Gasteiger partial charge in [-0.2, -0.15) is 0 Å². The van der Waals surface area contributed by atoms with E-state index in [0.717, 1.165) is 43.7 Å². The van der Waals surface area contributed by atoms with Gasteiger partial charge in [0.05, 0.1) is 31.1 Å². The highest BCUT2D eigenvalue weighted by molar-refractivity contribution is 7.10. The third-order valence-corrected chi connectivity index (χ3v) is 6.08. The molecule has 4 rings (SSSR count). The van der Waals surface area contributed by atoms with Gasteiger partial charge in [-0.1, -0.05) is 18.9 Å². The molecule has 1 aliphatic heterocycles. The summed E-state index contributed by atoms with van der Waals surface area (Å²) in [6, 6.07) is 9.14. The molecule has 5 heteroatoms. The highest BCUT2D eigenvalue weighted by atomic mass is 32.1. The van der Waals surface area contributed by atoms with Crippen molar-refractivity contribution in [2.45, 2.75) is 31.7 Å². The van der Waals surface area contributed by atoms with Crippen LogP contribution in [0.2, 0.25) is 0 Å². The Bertz CT molecular complexity index is 617. The van der Waals surface area contributed by atoms with Gasteiger partial charge in [-0.15, -0.1) is 11.3 Å². The number of thiophene rings is 1. The van der Waals surface area contributed by atoms with E-state index >= 15 is 0 Å². The summed E-state index contributed by atoms with van der Waals surface area (Å²) in [6.07, 6.45) is 7.37. The van der Waals surface area contributed by atoms with Crippen molar-refractivity contribution in [2.75, 3.05) is 36.5 Å². The molecule has 0 spiro atoms. The van der Waals surface area contributed by atoms with Crippen LogP contribution in [-0.2, 0) is 4.74 Å². The summed E-state index contributed by atoms with van der Waals surface area (Å²) < 4.78 is 5.42. The minimum absolute atomic E-state index is 0.420. The molecule has 1 N–H and O–H groups in total. The lowest BCUT2D eigenvalue weighted by atomic mass is 9.96. The molecule has 3 heterocycles. The van der Waals surface area contributed by atoms with E-state index in [0.29, 0.717) is 6.04 Å². The Morgan fingerprint density at radius 2 is 2.00 bits per heavy atom. The molecule has 1 saturated heterocycles. The van der Waals surface area contributed by atoms with Crippen LogP contribution in [0.15, 0.2) is 35.8 Å². The van der Waals surface area contributed by atoms with Crippen LogP contribution in [0, 0.1) is 5.92 Å². The van der Waals surface area contributed by atoms with Gasteiger partial charge in [-0.3, -0.25) is 0 Å². The maximum atomic E-state index is 5.42. The van der Waals surface area contributed by atoms with E-state index in [1.807, 2.05) is 17.5 Å². The van der Waals surface area contributed by atoms with Crippen LogP contribution < -0.4 is 10.2 Å². The first-order valence-electron chi connectivity index (χ1n) is 8.99. The molecule has 0 radical (unpaired) electrons. The van der Waals surface area contributed by atoms with Crippen LogP contribution in [0.1, 0.15) is 36.6 Å². The number of hydrogen-bond donors (Lipinski definition) is 1. The standard InChI is InChI=1S/C19H25N3OS/c1-2-5-15(4-1)19(17-6-3-13-24-17)21-16-7-8-18(20-14-16)22-9-11-23-12-10-22/h3,6-8,13-15,19,21H,1-2,4-5,9-12H2. The zero-order valence-electron chi connectivity index (χ0n) is 14.0. The van der Waals surface area contributed by atoms with Gasteiger partial charge in [0.15, 0.2) is 0 Å². The van der Waals surface area contributed by atoms with Crippen LogP contribution in [0.25, 0.3) is 0 Å². The van der Waals surface area contributed by atoms with E-state index in [-0.39, 0.29) is 0 Å². The van der Waals surface area contributed by atoms with Crippen molar-refractivity contribution in [3.8, 4) is 0 Å². The molecular weight excluding hydrogens is 318 g/mol. The van der Waals surface area contributed by atoms with Crippen LogP contribution in [0.4, 0.5) is 11.5 Å². The average Bonchev–Trinajstić information content (AvgIpc) is 3.35. The summed E-state index contributed by atoms with van der Waals surface area (Å²) in [5, 5.41) is 5.94. The number of rotatable bonds is 5. The van der Waals surface area contributed by atoms with E-state index in [4.69, 9.17) is 4.74 Å². The molecule has 1 aliphatic carbocycles. The number of nitrogens with zero attached hydrogens (tertiary/aromatic N) is 2. The fourth-order valence-corrected chi connectivity index (χ4v) is 4.68. The Labute approximate surface area is 147 Å². The molecule has 2 aromatic rings. The number of pyridine rings is 1. The molecule has 128 valence electrons. The van der Waals surface area contributed by atoms with Crippen molar-refractivity contribution in [3.05, 3.63) is 40.7 Å². The summed E-state index contributed by atoms with van der Waals surface area (Å²) in [6.45, 7) is 3.45. The Hall–Kier alpha value is -1.59. The molecule has 2 aromatic heterocycles. The van der Waals surface area contributed by atoms with Gasteiger partial charge in [0.25, 0.3) is 0 Å². The predicted molar refractivity (Wildman–Crippen MR) is 99.9 cm³/mol. The summed E-state index contributed by atoms with van der Waals surface area (Å²) >= 11 is 1.86. The van der Waals surface area contributed by atoms with Gasteiger partial charge in [0.2, 0.25) is 0 Å². The zero-order chi connectivity index (χ0) is 16.2. The number of hydrogen-bond acceptors (Lipinski definition) is 5. The molecule has 2 aliphatic rings. The normalized spacial score (nSPS) is 20.2. The first kappa shape index (κ1) is 15.9. The van der Waals surface area contributed by atoms with Crippen LogP contribution in [0.5, 0.6) is 0 Å². The first-order chi connectivity index (χ1) is 11.9. The highest BCUT2D eigenvalue weighted by Crippen LogP contribution is 2.39. The summed E-state index contributed by atoms with van der Waals surface area (Å²) in [5.74, 6) is 1.79. The fourth-order valence-electron chi connectivity index (χ4n) is 3.81. The van der Waals surface area contributed by atoms with Gasteiger partial charge < -0.3 is 15.0 Å². The molecule has 0 bridgehead atoms. The van der Waals surface area contributed by atoms with E-state index in [1.165, 1.54) is 30.6 Å². The Balaban J connectivity index is 1.47. The molecule has 1 atom stereocenters. The average molecular weight is 343 g/mol. The molecule has 0 amide bonds. The third kappa shape index (κ3) is 3.57. The number of nitrogens with one attached hydrogen (secondary N) is 1.